The van der Waals surface area contributed by atoms with Crippen LogP contribution >= 0.6 is 11.8 Å². The average Bonchev–Trinajstić information content (AvgIpc) is 2.90. The van der Waals surface area contributed by atoms with E-state index in [2.05, 4.69) is 10.6 Å². The highest BCUT2D eigenvalue weighted by Gasteiger charge is 2.17. The number of amides is 2. The normalized spacial score (nSPS) is 14.2. The third-order valence-corrected chi connectivity index (χ3v) is 5.46. The Morgan fingerprint density at radius 1 is 1.21 bits per heavy atom. The van der Waals surface area contributed by atoms with Crippen molar-refractivity contribution in [2.45, 2.75) is 24.2 Å². The maximum Gasteiger partial charge on any atom is 0.338 e. The van der Waals surface area contributed by atoms with Gasteiger partial charge in [-0.05, 0) is 29.7 Å². The Hall–Kier alpha value is -2.80. The number of carbonyl (C=O) groups excluding carboxylic acids is 3. The molecule has 6 nitrogen and oxygen atoms in total. The van der Waals surface area contributed by atoms with E-state index < -0.39 is 5.97 Å². The van der Waals surface area contributed by atoms with Crippen LogP contribution in [0.5, 0.6) is 0 Å². The molecule has 0 spiro atoms. The van der Waals surface area contributed by atoms with Crippen molar-refractivity contribution in [2.75, 3.05) is 24.2 Å². The Morgan fingerprint density at radius 3 is 2.79 bits per heavy atom. The quantitative estimate of drug-likeness (QED) is 0.730. The lowest BCUT2D eigenvalue weighted by molar-refractivity contribution is -0.124. The zero-order valence-electron chi connectivity index (χ0n) is 15.6. The fourth-order valence-corrected chi connectivity index (χ4v) is 3.72. The minimum Gasteiger partial charge on any atom is -0.452 e. The van der Waals surface area contributed by atoms with Gasteiger partial charge in [0.15, 0.2) is 6.61 Å². The van der Waals surface area contributed by atoms with E-state index in [0.717, 1.165) is 10.5 Å². The SMILES string of the molecule is C[C@H](CNC(=O)COC(=O)c1ccc2c(c1)NC(=O)CCS2)c1ccccc1. The number of hydrogen-bond acceptors (Lipinski definition) is 5. The van der Waals surface area contributed by atoms with Gasteiger partial charge in [-0.1, -0.05) is 37.3 Å². The molecule has 0 unspecified atom stereocenters. The number of benzene rings is 2. The smallest absolute Gasteiger partial charge is 0.338 e. The lowest BCUT2D eigenvalue weighted by atomic mass is 10.0. The molecule has 2 amide bonds. The molecule has 0 saturated carbocycles. The minimum absolute atomic E-state index is 0.0799. The van der Waals surface area contributed by atoms with Gasteiger partial charge in [-0.25, -0.2) is 4.79 Å². The van der Waals surface area contributed by atoms with Gasteiger partial charge in [0.2, 0.25) is 5.91 Å². The summed E-state index contributed by atoms with van der Waals surface area (Å²) in [5.41, 5.74) is 2.03. The summed E-state index contributed by atoms with van der Waals surface area (Å²) in [6, 6.07) is 14.9. The van der Waals surface area contributed by atoms with E-state index in [1.54, 1.807) is 30.0 Å². The molecule has 1 heterocycles. The summed E-state index contributed by atoms with van der Waals surface area (Å²) in [4.78, 5) is 36.8. The highest BCUT2D eigenvalue weighted by molar-refractivity contribution is 7.99. The summed E-state index contributed by atoms with van der Waals surface area (Å²) in [5.74, 6) is -0.174. The molecule has 3 rings (SSSR count). The van der Waals surface area contributed by atoms with Gasteiger partial charge in [0, 0.05) is 23.6 Å². The van der Waals surface area contributed by atoms with Gasteiger partial charge in [0.25, 0.3) is 5.91 Å². The Labute approximate surface area is 168 Å². The van der Waals surface area contributed by atoms with Crippen LogP contribution in [-0.2, 0) is 14.3 Å². The minimum atomic E-state index is -0.599. The molecule has 0 aromatic heterocycles. The molecule has 0 saturated heterocycles. The van der Waals surface area contributed by atoms with Crippen LogP contribution in [0, 0.1) is 0 Å². The van der Waals surface area contributed by atoms with Crippen molar-refractivity contribution < 1.29 is 19.1 Å². The van der Waals surface area contributed by atoms with Crippen LogP contribution in [0.4, 0.5) is 5.69 Å². The zero-order chi connectivity index (χ0) is 19.9. The second-order valence-corrected chi connectivity index (χ2v) is 7.69. The number of esters is 1. The van der Waals surface area contributed by atoms with E-state index in [9.17, 15) is 14.4 Å². The first-order valence-corrected chi connectivity index (χ1v) is 10.1. The van der Waals surface area contributed by atoms with Crippen molar-refractivity contribution >= 4 is 35.2 Å². The Balaban J connectivity index is 1.50. The molecule has 0 aliphatic carbocycles. The van der Waals surface area contributed by atoms with Gasteiger partial charge in [0.1, 0.15) is 0 Å². The Morgan fingerprint density at radius 2 is 2.00 bits per heavy atom. The van der Waals surface area contributed by atoms with Crippen molar-refractivity contribution in [1.29, 1.82) is 0 Å². The van der Waals surface area contributed by atoms with Gasteiger partial charge in [-0.2, -0.15) is 0 Å². The summed E-state index contributed by atoms with van der Waals surface area (Å²) in [5, 5.41) is 5.56. The van der Waals surface area contributed by atoms with Gasteiger partial charge >= 0.3 is 5.97 Å². The summed E-state index contributed by atoms with van der Waals surface area (Å²) in [6.45, 7) is 2.13. The molecule has 1 atom stereocenters. The van der Waals surface area contributed by atoms with Crippen LogP contribution < -0.4 is 10.6 Å². The molecule has 7 heteroatoms. The topological polar surface area (TPSA) is 84.5 Å². The average molecular weight is 398 g/mol. The standard InChI is InChI=1S/C21H22N2O4S/c1-14(15-5-3-2-4-6-15)12-22-20(25)13-27-21(26)16-7-8-18-17(11-16)23-19(24)9-10-28-18/h2-8,11,14H,9-10,12-13H2,1H3,(H,22,25)(H,23,24)/t14-/m1/s1. The number of ether oxygens (including phenoxy) is 1. The predicted octanol–water partition coefficient (Wildman–Crippen LogP) is 3.20. The molecule has 2 aromatic carbocycles. The van der Waals surface area contributed by atoms with E-state index in [4.69, 9.17) is 4.74 Å². The van der Waals surface area contributed by atoms with Gasteiger partial charge in [-0.3, -0.25) is 9.59 Å². The summed E-state index contributed by atoms with van der Waals surface area (Å²) in [6.07, 6.45) is 0.431. The van der Waals surface area contributed by atoms with Crippen LogP contribution in [0.1, 0.15) is 35.2 Å². The molecule has 146 valence electrons. The van der Waals surface area contributed by atoms with Crippen molar-refractivity contribution in [3.8, 4) is 0 Å². The van der Waals surface area contributed by atoms with Crippen molar-refractivity contribution in [2.24, 2.45) is 0 Å². The van der Waals surface area contributed by atoms with Crippen LogP contribution in [0.25, 0.3) is 0 Å². The Bertz CT molecular complexity index is 870. The maximum atomic E-state index is 12.2. The van der Waals surface area contributed by atoms with Crippen LogP contribution in [0.2, 0.25) is 0 Å². The molecule has 1 aliphatic rings. The first-order chi connectivity index (χ1) is 13.5. The second-order valence-electron chi connectivity index (χ2n) is 6.55. The zero-order valence-corrected chi connectivity index (χ0v) is 16.4. The second kappa shape index (κ2) is 9.41. The molecule has 0 bridgehead atoms. The third-order valence-electron chi connectivity index (χ3n) is 4.38. The Kier molecular flexibility index (Phi) is 6.71. The highest BCUT2D eigenvalue weighted by atomic mass is 32.2. The van der Waals surface area contributed by atoms with Gasteiger partial charge in [-0.15, -0.1) is 11.8 Å². The third kappa shape index (κ3) is 5.36. The molecule has 2 N–H and O–H groups in total. The molecule has 0 radical (unpaired) electrons. The number of thioether (sulfide) groups is 1. The van der Waals surface area contributed by atoms with E-state index in [0.29, 0.717) is 30.0 Å². The first kappa shape index (κ1) is 19.9. The number of fused-ring (bicyclic) bond motifs is 1. The predicted molar refractivity (Wildman–Crippen MR) is 109 cm³/mol. The number of anilines is 1. The van der Waals surface area contributed by atoms with Gasteiger partial charge < -0.3 is 15.4 Å². The van der Waals surface area contributed by atoms with Crippen molar-refractivity contribution in [3.05, 3.63) is 59.7 Å². The summed E-state index contributed by atoms with van der Waals surface area (Å²) in [7, 11) is 0. The monoisotopic (exact) mass is 398 g/mol. The number of rotatable bonds is 6. The molecule has 28 heavy (non-hydrogen) atoms. The lowest BCUT2D eigenvalue weighted by Gasteiger charge is -2.13. The maximum absolute atomic E-state index is 12.2. The molecular weight excluding hydrogens is 376 g/mol. The highest BCUT2D eigenvalue weighted by Crippen LogP contribution is 2.31. The van der Waals surface area contributed by atoms with E-state index in [-0.39, 0.29) is 24.3 Å². The van der Waals surface area contributed by atoms with Crippen LogP contribution in [0.15, 0.2) is 53.4 Å². The largest absolute Gasteiger partial charge is 0.452 e. The molecule has 2 aromatic rings. The van der Waals surface area contributed by atoms with E-state index in [1.807, 2.05) is 37.3 Å². The fourth-order valence-electron chi connectivity index (χ4n) is 2.78. The van der Waals surface area contributed by atoms with Gasteiger partial charge in [0.05, 0.1) is 11.3 Å². The fraction of sp³-hybridized carbons (Fsp3) is 0.286. The summed E-state index contributed by atoms with van der Waals surface area (Å²) < 4.78 is 5.11. The first-order valence-electron chi connectivity index (χ1n) is 9.08. The lowest BCUT2D eigenvalue weighted by Crippen LogP contribution is -2.31. The number of carbonyl (C=O) groups is 3. The van der Waals surface area contributed by atoms with Crippen LogP contribution in [0.3, 0.4) is 0 Å². The summed E-state index contributed by atoms with van der Waals surface area (Å²) >= 11 is 1.56. The molecule has 1 aliphatic heterocycles. The van der Waals surface area contributed by atoms with E-state index >= 15 is 0 Å². The van der Waals surface area contributed by atoms with Crippen molar-refractivity contribution in [3.63, 3.8) is 0 Å². The van der Waals surface area contributed by atoms with Crippen LogP contribution in [-0.4, -0.2) is 36.7 Å². The molecule has 0 fully saturated rings. The molecular formula is C21H22N2O4S. The number of nitrogens with one attached hydrogen (secondary N) is 2. The number of hydrogen-bond donors (Lipinski definition) is 2. The van der Waals surface area contributed by atoms with E-state index in [1.165, 1.54) is 0 Å². The van der Waals surface area contributed by atoms with Crippen molar-refractivity contribution in [1.82, 2.24) is 5.32 Å².